The Kier molecular flexibility index (Phi) is 10.4. The number of benzene rings is 1. The van der Waals surface area contributed by atoms with Crippen molar-refractivity contribution in [1.29, 1.82) is 0 Å². The van der Waals surface area contributed by atoms with Gasteiger partial charge in [0.2, 0.25) is 17.8 Å². The Balaban J connectivity index is 1.26. The number of aromatic nitrogens is 8. The van der Waals surface area contributed by atoms with Crippen molar-refractivity contribution in [3.05, 3.63) is 75.1 Å². The molecule has 0 saturated carbocycles. The summed E-state index contributed by atoms with van der Waals surface area (Å²) in [5.41, 5.74) is 13.1. The Morgan fingerprint density at radius 3 is 2.50 bits per heavy atom. The van der Waals surface area contributed by atoms with Crippen LogP contribution in [0, 0.1) is 13.8 Å². The van der Waals surface area contributed by atoms with E-state index in [9.17, 15) is 19.5 Å². The number of aliphatic hydroxyl groups is 1. The van der Waals surface area contributed by atoms with Crippen molar-refractivity contribution in [3.63, 3.8) is 0 Å². The number of ether oxygens (including phenoxy) is 1. The summed E-state index contributed by atoms with van der Waals surface area (Å²) in [6.45, 7) is 8.01. The lowest BCUT2D eigenvalue weighted by Crippen LogP contribution is -2.22. The molecule has 16 heteroatoms. The molecule has 4 aromatic heterocycles. The molecule has 1 atom stereocenters. The number of amides is 2. The molecule has 16 nitrogen and oxygen atoms in total. The largest absolute Gasteiger partial charge is 0.465 e. The van der Waals surface area contributed by atoms with E-state index in [2.05, 4.69) is 15.7 Å². The van der Waals surface area contributed by atoms with E-state index in [1.54, 1.807) is 22.9 Å². The Hall–Kier alpha value is -5.77. The molecule has 0 fully saturated rings. The van der Waals surface area contributed by atoms with Gasteiger partial charge < -0.3 is 30.0 Å². The summed E-state index contributed by atoms with van der Waals surface area (Å²) in [5, 5.41) is 27.3. The highest BCUT2D eigenvalue weighted by Gasteiger charge is 2.27. The number of fused-ring (bicyclic) bond motifs is 8. The minimum absolute atomic E-state index is 0.279. The molecule has 5 aromatic rings. The molecule has 0 spiro atoms. The molecule has 1 aliphatic carbocycles. The number of methoxy groups -OCH3 is 1. The van der Waals surface area contributed by atoms with Crippen LogP contribution in [0.4, 0.5) is 11.9 Å². The van der Waals surface area contributed by atoms with Crippen LogP contribution in [0.25, 0.3) is 17.1 Å². The maximum Gasteiger partial charge on any atom is 0.337 e. The number of imidazole rings is 2. The zero-order valence-corrected chi connectivity index (χ0v) is 31.2. The summed E-state index contributed by atoms with van der Waals surface area (Å²) in [6.07, 6.45) is 6.23. The number of nitrogens with two attached hydrogens (primary N) is 1. The number of primary amides is 1. The average Bonchev–Trinajstić information content (AvgIpc) is 3.89. The molecule has 1 aromatic carbocycles. The van der Waals surface area contributed by atoms with Crippen LogP contribution < -0.4 is 16.4 Å². The van der Waals surface area contributed by atoms with Gasteiger partial charge in [0.25, 0.3) is 5.91 Å². The highest BCUT2D eigenvalue weighted by atomic mass is 16.5. The molecule has 284 valence electrons. The van der Waals surface area contributed by atoms with Gasteiger partial charge in [0.1, 0.15) is 5.69 Å². The highest BCUT2D eigenvalue weighted by Crippen LogP contribution is 2.30. The van der Waals surface area contributed by atoms with Crippen LogP contribution in [0.2, 0.25) is 0 Å². The van der Waals surface area contributed by atoms with Crippen molar-refractivity contribution in [2.75, 3.05) is 17.7 Å². The molecule has 0 radical (unpaired) electrons. The molecule has 5 heterocycles. The van der Waals surface area contributed by atoms with Crippen molar-refractivity contribution in [2.45, 2.75) is 105 Å². The molecular formula is C38H47N11O5. The Bertz CT molecular complexity index is 2270. The smallest absolute Gasteiger partial charge is 0.337 e. The second-order valence-corrected chi connectivity index (χ2v) is 13.9. The van der Waals surface area contributed by atoms with Crippen LogP contribution in [0.1, 0.15) is 107 Å². The van der Waals surface area contributed by atoms with Gasteiger partial charge in [-0.3, -0.25) is 24.3 Å². The van der Waals surface area contributed by atoms with E-state index < -0.39 is 18.1 Å². The third-order valence-corrected chi connectivity index (χ3v) is 10.3. The molecule has 7 rings (SSSR count). The third kappa shape index (κ3) is 7.12. The van der Waals surface area contributed by atoms with Gasteiger partial charge in [0, 0.05) is 43.0 Å². The fourth-order valence-electron chi connectivity index (χ4n) is 7.62. The molecule has 2 amide bonds. The normalized spacial score (nSPS) is 17.1. The van der Waals surface area contributed by atoms with E-state index >= 15 is 0 Å². The van der Waals surface area contributed by atoms with Crippen LogP contribution in [0.15, 0.2) is 29.8 Å². The number of aryl methyl sites for hydroxylation is 5. The van der Waals surface area contributed by atoms with Gasteiger partial charge in [0.05, 0.1) is 46.5 Å². The quantitative estimate of drug-likeness (QED) is 0.192. The SMILES string of the molecule is CCn1nc(C)c2c1C(=O)Nc1nc3c(n1CCCCn1c(nc4cc(C(=O)OC)ccc41)NC(O)c1cc(C)nn1CCCCC2)CCC(C(N)=O)=C3. The number of hydrogen-bond acceptors (Lipinski definition) is 10. The van der Waals surface area contributed by atoms with E-state index in [1.807, 2.05) is 46.7 Å². The highest BCUT2D eigenvalue weighted by molar-refractivity contribution is 6.04. The second-order valence-electron chi connectivity index (χ2n) is 13.9. The Morgan fingerprint density at radius 2 is 1.74 bits per heavy atom. The van der Waals surface area contributed by atoms with Gasteiger partial charge in [-0.2, -0.15) is 10.2 Å². The van der Waals surface area contributed by atoms with Gasteiger partial charge in [-0.15, -0.1) is 0 Å². The van der Waals surface area contributed by atoms with Crippen LogP contribution in [0.5, 0.6) is 0 Å². The lowest BCUT2D eigenvalue weighted by Gasteiger charge is -2.18. The fraction of sp³-hybridized carbons (Fsp3) is 0.447. The minimum Gasteiger partial charge on any atom is -0.465 e. The van der Waals surface area contributed by atoms with Gasteiger partial charge >= 0.3 is 5.97 Å². The minimum atomic E-state index is -1.10. The van der Waals surface area contributed by atoms with Crippen LogP contribution in [-0.2, 0) is 48.6 Å². The summed E-state index contributed by atoms with van der Waals surface area (Å²) in [7, 11) is 1.34. The van der Waals surface area contributed by atoms with E-state index in [0.717, 1.165) is 47.4 Å². The third-order valence-electron chi connectivity index (χ3n) is 10.3. The number of anilines is 2. The van der Waals surface area contributed by atoms with E-state index in [-0.39, 0.29) is 5.91 Å². The summed E-state index contributed by atoms with van der Waals surface area (Å²) in [6, 6.07) is 7.09. The summed E-state index contributed by atoms with van der Waals surface area (Å²) in [5.74, 6) is -0.365. The summed E-state index contributed by atoms with van der Waals surface area (Å²) < 4.78 is 12.6. The lowest BCUT2D eigenvalue weighted by atomic mass is 9.99. The first kappa shape index (κ1) is 36.6. The summed E-state index contributed by atoms with van der Waals surface area (Å²) >= 11 is 0. The van der Waals surface area contributed by atoms with Crippen molar-refractivity contribution < 1.29 is 24.2 Å². The number of nitrogens with zero attached hydrogens (tertiary/aromatic N) is 8. The molecule has 1 aliphatic heterocycles. The fourth-order valence-corrected chi connectivity index (χ4v) is 7.62. The van der Waals surface area contributed by atoms with Gasteiger partial charge in [0.15, 0.2) is 6.23 Å². The predicted octanol–water partition coefficient (Wildman–Crippen LogP) is 4.43. The van der Waals surface area contributed by atoms with Crippen molar-refractivity contribution in [3.8, 4) is 0 Å². The molecule has 5 N–H and O–H groups in total. The summed E-state index contributed by atoms with van der Waals surface area (Å²) in [4.78, 5) is 48.2. The van der Waals surface area contributed by atoms with E-state index in [1.165, 1.54) is 7.11 Å². The lowest BCUT2D eigenvalue weighted by molar-refractivity contribution is -0.114. The van der Waals surface area contributed by atoms with E-state index in [0.29, 0.717) is 104 Å². The predicted molar refractivity (Wildman–Crippen MR) is 202 cm³/mol. The van der Waals surface area contributed by atoms with Gasteiger partial charge in [-0.1, -0.05) is 6.42 Å². The van der Waals surface area contributed by atoms with Crippen molar-refractivity contribution in [2.24, 2.45) is 5.73 Å². The molecule has 54 heavy (non-hydrogen) atoms. The van der Waals surface area contributed by atoms with Crippen LogP contribution in [0.3, 0.4) is 0 Å². The first-order valence-corrected chi connectivity index (χ1v) is 18.6. The first-order chi connectivity index (χ1) is 26.1. The standard InChI is InChI=1S/C38H47N11O5/c1-5-48-32-26(23(3)45-48)11-7-6-8-18-49-31(19-22(2)44-49)34(51)42-37-41-28-21-25(36(53)54-4)13-15-30(28)46(37)16-9-10-17-47-29-14-12-24(33(39)50)20-27(29)40-38(47)43-35(32)52/h13,15,19-21,34,51H,5-12,14,16-18H2,1-4H3,(H2,39,50)(H,41,42)(H,40,43,52). The molecule has 2 aliphatic rings. The zero-order chi connectivity index (χ0) is 38.1. The van der Waals surface area contributed by atoms with Crippen LogP contribution >= 0.6 is 0 Å². The number of nitrogens with one attached hydrogen (secondary N) is 2. The maximum atomic E-state index is 14.2. The molecular weight excluding hydrogens is 690 g/mol. The number of carbonyl (C=O) groups is 3. The number of aliphatic hydroxyl groups excluding tert-OH is 1. The van der Waals surface area contributed by atoms with Crippen molar-refractivity contribution >= 4 is 46.8 Å². The Morgan fingerprint density at radius 1 is 0.963 bits per heavy atom. The van der Waals surface area contributed by atoms with Gasteiger partial charge in [-0.25, -0.2) is 14.8 Å². The maximum absolute atomic E-state index is 14.2. The molecule has 1 unspecified atom stereocenters. The number of esters is 1. The van der Waals surface area contributed by atoms with E-state index in [4.69, 9.17) is 25.5 Å². The number of hydrogen-bond donors (Lipinski definition) is 4. The van der Waals surface area contributed by atoms with Crippen molar-refractivity contribution in [1.82, 2.24) is 38.7 Å². The first-order valence-electron chi connectivity index (χ1n) is 18.6. The van der Waals surface area contributed by atoms with Gasteiger partial charge in [-0.05, 0) is 96.1 Å². The molecule has 0 bridgehead atoms. The number of carbonyl (C=O) groups excluding carboxylic acids is 3. The van der Waals surface area contributed by atoms with Crippen LogP contribution in [-0.4, -0.2) is 68.7 Å². The average molecular weight is 738 g/mol. The Labute approximate surface area is 312 Å². The molecule has 0 saturated heterocycles. The topological polar surface area (TPSA) is 202 Å². The zero-order valence-electron chi connectivity index (χ0n) is 31.2. The monoisotopic (exact) mass is 737 g/mol. The second kappa shape index (κ2) is 15.3. The number of rotatable bonds is 3.